The number of phosphoric acid groups is 2. The molecular weight excluding hydrogens is 898 g/mol. The van der Waals surface area contributed by atoms with Crippen LogP contribution in [0.2, 0.25) is 0 Å². The minimum atomic E-state index is -5.38. The van der Waals surface area contributed by atoms with Crippen LogP contribution in [-0.4, -0.2) is 109 Å². The third-order valence-corrected chi connectivity index (χ3v) is 12.7. The Kier molecular flexibility index (Phi) is 35.4. The van der Waals surface area contributed by atoms with Gasteiger partial charge in [-0.25, -0.2) is 9.13 Å². The van der Waals surface area contributed by atoms with Crippen molar-refractivity contribution in [1.82, 2.24) is 0 Å². The molecule has 0 aliphatic heterocycles. The summed E-state index contributed by atoms with van der Waals surface area (Å²) in [4.78, 5) is 66.4. The Balaban J connectivity index is 2.61. The van der Waals surface area contributed by atoms with E-state index in [-0.39, 0.29) is 18.6 Å². The number of rotatable bonds is 41. The maximum absolute atomic E-state index is 13.0. The first kappa shape index (κ1) is 61.9. The van der Waals surface area contributed by atoms with Gasteiger partial charge in [0.2, 0.25) is 0 Å². The average Bonchev–Trinajstić information content (AvgIpc) is 3.27. The first-order valence-corrected chi connectivity index (χ1v) is 27.5. The maximum atomic E-state index is 13.0. The molecule has 0 heterocycles. The molecule has 5 unspecified atom stereocenters. The molecule has 1 rings (SSSR count). The van der Waals surface area contributed by atoms with E-state index in [1.165, 1.54) is 44.9 Å². The number of ether oxygens (including phenoxy) is 2. The normalized spacial score (nSPS) is 21.7. The number of allylic oxidation sites excluding steroid dienone is 6. The molecule has 0 spiro atoms. The number of carbonyl (C=O) groups excluding carboxylic acids is 3. The average molecular weight is 983 g/mol. The van der Waals surface area contributed by atoms with Gasteiger partial charge in [0.25, 0.3) is 0 Å². The van der Waals surface area contributed by atoms with Gasteiger partial charge in [0.1, 0.15) is 43.2 Å². The molecule has 0 saturated heterocycles. The highest BCUT2D eigenvalue weighted by atomic mass is 31.2. The van der Waals surface area contributed by atoms with Crippen LogP contribution in [0.3, 0.4) is 0 Å². The van der Waals surface area contributed by atoms with Gasteiger partial charge in [-0.2, -0.15) is 0 Å². The second-order valence-electron chi connectivity index (χ2n) is 17.2. The molecule has 8 atom stereocenters. The van der Waals surface area contributed by atoms with Gasteiger partial charge in [0, 0.05) is 19.3 Å². The van der Waals surface area contributed by atoms with Gasteiger partial charge in [-0.05, 0) is 63.9 Å². The van der Waals surface area contributed by atoms with Crippen molar-refractivity contribution >= 4 is 33.4 Å². The molecular formula is C47H84O17P2. The molecule has 0 bridgehead atoms. The van der Waals surface area contributed by atoms with Crippen LogP contribution < -0.4 is 0 Å². The maximum Gasteiger partial charge on any atom is 0.472 e. The quantitative estimate of drug-likeness (QED) is 0.00753. The first-order valence-electron chi connectivity index (χ1n) is 24.5. The Morgan fingerprint density at radius 1 is 0.515 bits per heavy atom. The van der Waals surface area contributed by atoms with Crippen LogP contribution in [0.25, 0.3) is 0 Å². The van der Waals surface area contributed by atoms with Crippen molar-refractivity contribution in [2.75, 3.05) is 13.2 Å². The van der Waals surface area contributed by atoms with Gasteiger partial charge in [0.05, 0.1) is 6.61 Å². The predicted octanol–water partition coefficient (Wildman–Crippen LogP) is 8.69. The van der Waals surface area contributed by atoms with E-state index in [4.69, 9.17) is 18.5 Å². The molecule has 1 saturated carbocycles. The smallest absolute Gasteiger partial charge is 0.462 e. The zero-order valence-corrected chi connectivity index (χ0v) is 41.4. The highest BCUT2D eigenvalue weighted by molar-refractivity contribution is 7.47. The highest BCUT2D eigenvalue weighted by Gasteiger charge is 2.54. The lowest BCUT2D eigenvalue weighted by Crippen LogP contribution is -2.64. The van der Waals surface area contributed by atoms with Crippen LogP contribution in [0.15, 0.2) is 36.5 Å². The summed E-state index contributed by atoms with van der Waals surface area (Å²) in [6, 6.07) is 0. The number of aliphatic hydroxyl groups is 4. The van der Waals surface area contributed by atoms with E-state index in [9.17, 15) is 58.6 Å². The molecule has 1 fully saturated rings. The fourth-order valence-electron chi connectivity index (χ4n) is 7.30. The van der Waals surface area contributed by atoms with Crippen molar-refractivity contribution in [2.45, 2.75) is 230 Å². The number of aliphatic hydroxyl groups excluding tert-OH is 4. The van der Waals surface area contributed by atoms with Crippen molar-refractivity contribution in [2.24, 2.45) is 0 Å². The van der Waals surface area contributed by atoms with Gasteiger partial charge in [-0.1, -0.05) is 141 Å². The second kappa shape index (κ2) is 37.7. The third-order valence-electron chi connectivity index (χ3n) is 11.2. The largest absolute Gasteiger partial charge is 0.472 e. The fourth-order valence-corrected chi connectivity index (χ4v) is 8.84. The van der Waals surface area contributed by atoms with Gasteiger partial charge in [-0.3, -0.25) is 28.0 Å². The summed E-state index contributed by atoms with van der Waals surface area (Å²) in [5.74, 6) is -1.26. The molecule has 0 radical (unpaired) electrons. The number of carbonyl (C=O) groups is 3. The molecule has 0 aromatic rings. The Hall–Kier alpha value is -2.11. The van der Waals surface area contributed by atoms with Crippen molar-refractivity contribution in [3.8, 4) is 0 Å². The minimum absolute atomic E-state index is 0.0401. The lowest BCUT2D eigenvalue weighted by Gasteiger charge is -2.43. The van der Waals surface area contributed by atoms with Crippen LogP contribution in [0.4, 0.5) is 0 Å². The molecule has 17 nitrogen and oxygen atoms in total. The summed E-state index contributed by atoms with van der Waals surface area (Å²) in [6.07, 6.45) is 22.0. The van der Waals surface area contributed by atoms with Crippen molar-refractivity contribution in [3.63, 3.8) is 0 Å². The summed E-state index contributed by atoms with van der Waals surface area (Å²) in [5.41, 5.74) is 0. The highest BCUT2D eigenvalue weighted by Crippen LogP contribution is 2.49. The van der Waals surface area contributed by atoms with Crippen molar-refractivity contribution in [1.29, 1.82) is 0 Å². The standard InChI is InChI=1S/C47H84O17P2/c1-3-5-7-9-11-12-13-14-15-16-17-18-19-20-22-26-30-34-40(49)60-36-39(62-41(50)35-31-27-23-25-29-33-38(48)32-28-24-21-10-8-6-4-2)37-61-66(58,59)64-47-44(53)42(51)43(52)46(45(47)54)63-65(55,56)57/h14-15,21,24,28,32,39,42-47,51-54H,3-13,16-20,22-23,25-27,29-31,33-37H2,1-2H3,(H,58,59)(H2,55,56,57)/b15-14-,24-21-,32-28+/t39-,42?,43?,44?,45?,46-,47+/m1/s1. The second-order valence-corrected chi connectivity index (χ2v) is 19.8. The first-order chi connectivity index (χ1) is 31.5. The molecule has 19 heteroatoms. The van der Waals surface area contributed by atoms with E-state index in [0.29, 0.717) is 32.1 Å². The molecule has 1 aliphatic rings. The molecule has 384 valence electrons. The van der Waals surface area contributed by atoms with Crippen molar-refractivity contribution < 1.29 is 81.7 Å². The lowest BCUT2D eigenvalue weighted by atomic mass is 9.85. The Morgan fingerprint density at radius 2 is 0.970 bits per heavy atom. The Bertz CT molecular complexity index is 1480. The predicted molar refractivity (Wildman–Crippen MR) is 251 cm³/mol. The fraction of sp³-hybridized carbons (Fsp3) is 0.809. The molecule has 0 aromatic carbocycles. The summed E-state index contributed by atoms with van der Waals surface area (Å²) >= 11 is 0. The monoisotopic (exact) mass is 983 g/mol. The summed E-state index contributed by atoms with van der Waals surface area (Å²) in [7, 11) is -10.7. The van der Waals surface area contributed by atoms with Gasteiger partial charge in [0.15, 0.2) is 11.9 Å². The SMILES string of the molecule is CCCCC/C=C\C=C\C(=O)CCCCCCCC(=O)O[C@H](COC(=O)CCCCCCCCC/C=C\CCCCCCCC)COP(=O)(O)O[C@H]1C(O)C(O)C(O)[C@@H](OP(=O)(O)O)C1O. The van der Waals surface area contributed by atoms with Gasteiger partial charge in [-0.15, -0.1) is 0 Å². The zero-order chi connectivity index (χ0) is 49.1. The van der Waals surface area contributed by atoms with Gasteiger partial charge >= 0.3 is 27.6 Å². The molecule has 1 aliphatic carbocycles. The lowest BCUT2D eigenvalue weighted by molar-refractivity contribution is -0.216. The minimum Gasteiger partial charge on any atom is -0.462 e. The van der Waals surface area contributed by atoms with Crippen LogP contribution >= 0.6 is 15.6 Å². The third kappa shape index (κ3) is 31.8. The van der Waals surface area contributed by atoms with E-state index >= 15 is 0 Å². The van der Waals surface area contributed by atoms with Gasteiger partial charge < -0.3 is 44.6 Å². The topological polar surface area (TPSA) is 273 Å². The molecule has 66 heavy (non-hydrogen) atoms. The molecule has 0 amide bonds. The van der Waals surface area contributed by atoms with E-state index in [1.54, 1.807) is 12.2 Å². The number of hydrogen-bond donors (Lipinski definition) is 7. The summed E-state index contributed by atoms with van der Waals surface area (Å²) < 4.78 is 49.3. The Morgan fingerprint density at radius 3 is 1.53 bits per heavy atom. The number of esters is 2. The summed E-state index contributed by atoms with van der Waals surface area (Å²) in [6.45, 7) is 2.96. The van der Waals surface area contributed by atoms with Crippen LogP contribution in [0.5, 0.6) is 0 Å². The van der Waals surface area contributed by atoms with Crippen LogP contribution in [0, 0.1) is 0 Å². The van der Waals surface area contributed by atoms with Crippen LogP contribution in [-0.2, 0) is 46.6 Å². The van der Waals surface area contributed by atoms with Crippen LogP contribution in [0.1, 0.15) is 187 Å². The van der Waals surface area contributed by atoms with E-state index in [2.05, 4.69) is 36.6 Å². The number of phosphoric ester groups is 2. The Labute approximate surface area is 393 Å². The number of hydrogen-bond acceptors (Lipinski definition) is 14. The van der Waals surface area contributed by atoms with Crippen molar-refractivity contribution in [3.05, 3.63) is 36.5 Å². The number of unbranched alkanes of at least 4 members (excludes halogenated alkanes) is 20. The molecule has 0 aromatic heterocycles. The summed E-state index contributed by atoms with van der Waals surface area (Å²) in [5, 5.41) is 41.2. The number of ketones is 1. The zero-order valence-electron chi connectivity index (χ0n) is 39.6. The van der Waals surface area contributed by atoms with E-state index in [0.717, 1.165) is 83.5 Å². The van der Waals surface area contributed by atoms with E-state index < -0.39 is 83.5 Å². The van der Waals surface area contributed by atoms with E-state index in [1.807, 2.05) is 6.08 Å². The molecule has 7 N–H and O–H groups in total.